The summed E-state index contributed by atoms with van der Waals surface area (Å²) in [6, 6.07) is 0. The van der Waals surface area contributed by atoms with Gasteiger partial charge < -0.3 is 5.32 Å². The lowest BCUT2D eigenvalue weighted by molar-refractivity contribution is 0.755. The molecule has 1 aliphatic heterocycles. The van der Waals surface area contributed by atoms with Crippen molar-refractivity contribution in [2.24, 2.45) is 0 Å². The van der Waals surface area contributed by atoms with Crippen LogP contribution in [0.15, 0.2) is 0 Å². The Kier molecular flexibility index (Phi) is 1.60. The fraction of sp³-hybridized carbons (Fsp3) is 1.00. The van der Waals surface area contributed by atoms with Gasteiger partial charge in [-0.3, -0.25) is 0 Å². The van der Waals surface area contributed by atoms with E-state index in [1.54, 1.807) is 0 Å². The topological polar surface area (TPSA) is 12.0 Å². The van der Waals surface area contributed by atoms with E-state index in [-0.39, 0.29) is 0 Å². The van der Waals surface area contributed by atoms with E-state index in [9.17, 15) is 0 Å². The molecule has 0 aromatic rings. The predicted molar refractivity (Wildman–Crippen MR) is 34.5 cm³/mol. The second-order valence-corrected chi connectivity index (χ2v) is 3.18. The summed E-state index contributed by atoms with van der Waals surface area (Å²) < 4.78 is 0. The number of hydrogen-bond donors (Lipinski definition) is 1. The van der Waals surface area contributed by atoms with E-state index >= 15 is 0 Å². The van der Waals surface area contributed by atoms with Crippen LogP contribution in [0.1, 0.15) is 13.3 Å². The van der Waals surface area contributed by atoms with Gasteiger partial charge in [0.05, 0.1) is 5.37 Å². The minimum atomic E-state index is 0.782. The quantitative estimate of drug-likeness (QED) is 0.543. The molecule has 2 atom stereocenters. The van der Waals surface area contributed by atoms with Gasteiger partial charge in [0.1, 0.15) is 0 Å². The Labute approximate surface area is 48.9 Å². The summed E-state index contributed by atoms with van der Waals surface area (Å²) in [6.07, 6.45) is 1.32. The molecule has 1 N–H and O–H groups in total. The molecule has 0 aromatic carbocycles. The predicted octanol–water partition coefficient (Wildman–Crippen LogP) is 1.06. The monoisotopic (exact) mass is 117 g/mol. The van der Waals surface area contributed by atoms with Gasteiger partial charge in [-0.05, 0) is 13.5 Å². The van der Waals surface area contributed by atoms with Gasteiger partial charge in [0, 0.05) is 5.25 Å². The normalized spacial score (nSPS) is 38.6. The highest BCUT2D eigenvalue weighted by molar-refractivity contribution is 8.07. The summed E-state index contributed by atoms with van der Waals surface area (Å²) in [5.74, 6) is 0. The number of rotatable bonds is 2. The van der Waals surface area contributed by atoms with Crippen molar-refractivity contribution in [1.29, 1.82) is 0 Å². The van der Waals surface area contributed by atoms with Gasteiger partial charge >= 0.3 is 0 Å². The van der Waals surface area contributed by atoms with E-state index in [2.05, 4.69) is 12.2 Å². The van der Waals surface area contributed by atoms with Crippen molar-refractivity contribution in [3.63, 3.8) is 0 Å². The molecule has 0 bridgehead atoms. The van der Waals surface area contributed by atoms with Crippen LogP contribution in [-0.2, 0) is 0 Å². The maximum Gasteiger partial charge on any atom is 0.0654 e. The molecule has 1 fully saturated rings. The van der Waals surface area contributed by atoms with Crippen molar-refractivity contribution in [2.75, 3.05) is 7.05 Å². The minimum absolute atomic E-state index is 0.782. The van der Waals surface area contributed by atoms with Crippen LogP contribution in [0.5, 0.6) is 0 Å². The lowest BCUT2D eigenvalue weighted by atomic mass is 10.3. The second-order valence-electron chi connectivity index (χ2n) is 1.79. The molecule has 42 valence electrons. The fourth-order valence-electron chi connectivity index (χ4n) is 0.707. The van der Waals surface area contributed by atoms with Crippen molar-refractivity contribution in [1.82, 2.24) is 5.32 Å². The van der Waals surface area contributed by atoms with Crippen LogP contribution < -0.4 is 5.32 Å². The van der Waals surface area contributed by atoms with E-state index in [1.807, 2.05) is 18.8 Å². The summed E-state index contributed by atoms with van der Waals surface area (Å²) in [5, 5.41) is 4.91. The largest absolute Gasteiger partial charge is 0.307 e. The Balaban J connectivity index is 2.06. The lowest BCUT2D eigenvalue weighted by Gasteiger charge is -1.85. The average molecular weight is 117 g/mol. The van der Waals surface area contributed by atoms with E-state index in [0.717, 1.165) is 10.6 Å². The Bertz CT molecular complexity index is 57.1. The first kappa shape index (κ1) is 5.45. The van der Waals surface area contributed by atoms with Crippen LogP contribution in [0, 0.1) is 0 Å². The first-order valence-corrected chi connectivity index (χ1v) is 3.65. The van der Waals surface area contributed by atoms with Crippen LogP contribution in [0.25, 0.3) is 0 Å². The van der Waals surface area contributed by atoms with Crippen molar-refractivity contribution < 1.29 is 0 Å². The minimum Gasteiger partial charge on any atom is -0.307 e. The first-order valence-electron chi connectivity index (χ1n) is 2.71. The van der Waals surface area contributed by atoms with Gasteiger partial charge in [-0.2, -0.15) is 0 Å². The molecule has 1 aliphatic rings. The molecule has 0 aromatic heterocycles. The Morgan fingerprint density at radius 3 is 2.57 bits per heavy atom. The first-order chi connectivity index (χ1) is 3.38. The molecule has 1 rings (SSSR count). The zero-order valence-corrected chi connectivity index (χ0v) is 5.59. The third kappa shape index (κ3) is 1.10. The van der Waals surface area contributed by atoms with Gasteiger partial charge in [0.25, 0.3) is 0 Å². The molecule has 2 unspecified atom stereocenters. The van der Waals surface area contributed by atoms with Crippen molar-refractivity contribution >= 4 is 11.8 Å². The number of nitrogens with one attached hydrogen (secondary N) is 1. The van der Waals surface area contributed by atoms with Crippen LogP contribution >= 0.6 is 11.8 Å². The molecule has 0 radical (unpaired) electrons. The summed E-state index contributed by atoms with van der Waals surface area (Å²) in [7, 11) is 2.02. The summed E-state index contributed by atoms with van der Waals surface area (Å²) in [6.45, 7) is 2.23. The summed E-state index contributed by atoms with van der Waals surface area (Å²) in [5.41, 5.74) is 0. The molecule has 1 nitrogen and oxygen atoms in total. The van der Waals surface area contributed by atoms with E-state index in [1.165, 1.54) is 6.42 Å². The zero-order valence-electron chi connectivity index (χ0n) is 4.77. The Morgan fingerprint density at radius 2 is 2.43 bits per heavy atom. The van der Waals surface area contributed by atoms with E-state index in [0.29, 0.717) is 0 Å². The van der Waals surface area contributed by atoms with Gasteiger partial charge in [-0.25, -0.2) is 0 Å². The second kappa shape index (κ2) is 2.05. The third-order valence-corrected chi connectivity index (χ3v) is 2.77. The maximum atomic E-state index is 3.20. The molecular formula is C5H11NS. The van der Waals surface area contributed by atoms with Crippen LogP contribution in [0.4, 0.5) is 0 Å². The molecule has 1 saturated heterocycles. The highest BCUT2D eigenvalue weighted by Gasteiger charge is 2.34. The van der Waals surface area contributed by atoms with Gasteiger partial charge in [-0.15, -0.1) is 11.8 Å². The molecule has 7 heavy (non-hydrogen) atoms. The Morgan fingerprint density at radius 1 is 1.71 bits per heavy atom. The molecule has 0 amide bonds. The van der Waals surface area contributed by atoms with Gasteiger partial charge in [0.15, 0.2) is 0 Å². The summed E-state index contributed by atoms with van der Waals surface area (Å²) >= 11 is 2.03. The van der Waals surface area contributed by atoms with Crippen molar-refractivity contribution in [3.8, 4) is 0 Å². The molecular weight excluding hydrogens is 106 g/mol. The van der Waals surface area contributed by atoms with E-state index < -0.39 is 0 Å². The highest BCUT2D eigenvalue weighted by atomic mass is 32.2. The average Bonchev–Trinajstić information content (AvgIpc) is 2.43. The van der Waals surface area contributed by atoms with Crippen molar-refractivity contribution in [2.45, 2.75) is 24.0 Å². The number of hydrogen-bond acceptors (Lipinski definition) is 2. The highest BCUT2D eigenvalue weighted by Crippen LogP contribution is 2.40. The molecule has 2 heteroatoms. The fourth-order valence-corrected chi connectivity index (χ4v) is 1.65. The smallest absolute Gasteiger partial charge is 0.0654 e. The lowest BCUT2D eigenvalue weighted by Crippen LogP contribution is -2.11. The van der Waals surface area contributed by atoms with Crippen LogP contribution in [0.2, 0.25) is 0 Å². The van der Waals surface area contributed by atoms with Gasteiger partial charge in [0.2, 0.25) is 0 Å². The number of thioether (sulfide) groups is 1. The standard InChI is InChI=1S/C5H11NS/c1-3-4-5(6-2)7-4/h4-6H,3H2,1-2H3. The molecule has 0 saturated carbocycles. The van der Waals surface area contributed by atoms with Gasteiger partial charge in [-0.1, -0.05) is 6.92 Å². The SMILES string of the molecule is CCC1SC1NC. The molecule has 0 aliphatic carbocycles. The van der Waals surface area contributed by atoms with Crippen molar-refractivity contribution in [3.05, 3.63) is 0 Å². The van der Waals surface area contributed by atoms with Crippen LogP contribution in [0.3, 0.4) is 0 Å². The van der Waals surface area contributed by atoms with Crippen LogP contribution in [-0.4, -0.2) is 17.7 Å². The van der Waals surface area contributed by atoms with E-state index in [4.69, 9.17) is 0 Å². The molecule has 1 heterocycles. The summed E-state index contributed by atoms with van der Waals surface area (Å²) in [4.78, 5) is 0. The zero-order chi connectivity index (χ0) is 5.28. The molecule has 0 spiro atoms. The maximum absolute atomic E-state index is 3.20. The third-order valence-electron chi connectivity index (χ3n) is 1.27. The Hall–Kier alpha value is 0.310.